The predicted molar refractivity (Wildman–Crippen MR) is 280 cm³/mol. The van der Waals surface area contributed by atoms with Crippen molar-refractivity contribution in [3.8, 4) is 50.2 Å². The zero-order valence-electron chi connectivity index (χ0n) is 36.6. The van der Waals surface area contributed by atoms with Crippen molar-refractivity contribution in [1.29, 1.82) is 0 Å². The van der Waals surface area contributed by atoms with Gasteiger partial charge in [0.25, 0.3) is 0 Å². The normalized spacial score (nSPS) is 12.9. The van der Waals surface area contributed by atoms with Gasteiger partial charge in [0, 0.05) is 33.1 Å². The number of benzene rings is 11. The Kier molecular flexibility index (Phi) is 8.23. The molecule has 2 nitrogen and oxygen atoms in total. The Morgan fingerprint density at radius 1 is 0.313 bits per heavy atom. The molecular weight excluding hydrogens is 809 g/mol. The van der Waals surface area contributed by atoms with Crippen LogP contribution in [0.1, 0.15) is 22.3 Å². The van der Waals surface area contributed by atoms with Crippen LogP contribution in [0.25, 0.3) is 82.8 Å². The molecule has 2 aliphatic carbocycles. The summed E-state index contributed by atoms with van der Waals surface area (Å²) in [5.74, 6) is 0. The molecule has 1 aromatic heterocycles. The minimum Gasteiger partial charge on any atom is -0.310 e. The van der Waals surface area contributed by atoms with Gasteiger partial charge in [-0.05, 0) is 115 Å². The first-order valence-electron chi connectivity index (χ1n) is 23.3. The molecule has 14 rings (SSSR count). The first-order valence-corrected chi connectivity index (χ1v) is 23.3. The van der Waals surface area contributed by atoms with Crippen molar-refractivity contribution in [2.75, 3.05) is 4.90 Å². The molecule has 1 heterocycles. The largest absolute Gasteiger partial charge is 0.310 e. The zero-order valence-corrected chi connectivity index (χ0v) is 36.6. The third kappa shape index (κ3) is 5.39. The van der Waals surface area contributed by atoms with Crippen molar-refractivity contribution < 1.29 is 0 Å². The van der Waals surface area contributed by atoms with Gasteiger partial charge in [0.1, 0.15) is 0 Å². The summed E-state index contributed by atoms with van der Waals surface area (Å²) in [6, 6.07) is 94.3. The van der Waals surface area contributed by atoms with Crippen LogP contribution in [0, 0.1) is 0 Å². The second kappa shape index (κ2) is 14.7. The number of fused-ring (bicyclic) bond motifs is 14. The summed E-state index contributed by atoms with van der Waals surface area (Å²) in [6.45, 7) is 0. The Morgan fingerprint density at radius 2 is 0.791 bits per heavy atom. The topological polar surface area (TPSA) is 8.17 Å². The average molecular weight is 851 g/mol. The first kappa shape index (κ1) is 37.6. The Hall–Kier alpha value is -8.72. The minimum atomic E-state index is -0.508. The fourth-order valence-electron chi connectivity index (χ4n) is 11.9. The standard InChI is InChI=1S/C65H42N2/c1-2-17-43(18-3-1)44-35-39-47(40-36-44)66(62-34-16-27-54-53-24-8-12-30-58(53)65(64(54)62)56-28-10-6-22-51(56)52-23-7-11-29-57(52)65)48-41-37-46(38-42-48)50-26-15-33-61-63(50)55-25-9-13-31-60(55)67(61)59-32-14-20-45-19-4-5-21-49(45)59/h1-42H. The van der Waals surface area contributed by atoms with Gasteiger partial charge in [0.15, 0.2) is 0 Å². The second-order valence-electron chi connectivity index (χ2n) is 17.9. The molecule has 0 saturated heterocycles. The van der Waals surface area contributed by atoms with E-state index in [-0.39, 0.29) is 0 Å². The van der Waals surface area contributed by atoms with E-state index in [0.717, 1.165) is 11.4 Å². The van der Waals surface area contributed by atoms with Crippen LogP contribution in [-0.4, -0.2) is 4.57 Å². The molecule has 0 aliphatic heterocycles. The van der Waals surface area contributed by atoms with Crippen LogP contribution >= 0.6 is 0 Å². The molecule has 12 aromatic rings. The maximum absolute atomic E-state index is 2.50. The van der Waals surface area contributed by atoms with Crippen molar-refractivity contribution in [1.82, 2.24) is 4.57 Å². The molecule has 11 aromatic carbocycles. The quantitative estimate of drug-likeness (QED) is 0.162. The van der Waals surface area contributed by atoms with Crippen LogP contribution in [0.5, 0.6) is 0 Å². The van der Waals surface area contributed by atoms with E-state index in [1.807, 2.05) is 0 Å². The second-order valence-corrected chi connectivity index (χ2v) is 17.9. The van der Waals surface area contributed by atoms with Gasteiger partial charge in [0.05, 0.1) is 27.8 Å². The van der Waals surface area contributed by atoms with Gasteiger partial charge in [0.2, 0.25) is 0 Å². The van der Waals surface area contributed by atoms with Crippen LogP contribution in [-0.2, 0) is 5.41 Å². The molecule has 0 saturated carbocycles. The van der Waals surface area contributed by atoms with E-state index in [1.165, 1.54) is 111 Å². The fraction of sp³-hybridized carbons (Fsp3) is 0.0154. The lowest BCUT2D eigenvalue weighted by Crippen LogP contribution is -2.28. The highest BCUT2D eigenvalue weighted by molar-refractivity contribution is 6.16. The molecule has 0 unspecified atom stereocenters. The lowest BCUT2D eigenvalue weighted by molar-refractivity contribution is 0.793. The molecule has 312 valence electrons. The zero-order chi connectivity index (χ0) is 44.1. The lowest BCUT2D eigenvalue weighted by atomic mass is 9.70. The summed E-state index contributed by atoms with van der Waals surface area (Å²) in [7, 11) is 0. The number of hydrogen-bond acceptors (Lipinski definition) is 1. The highest BCUT2D eigenvalue weighted by Gasteiger charge is 2.53. The van der Waals surface area contributed by atoms with Gasteiger partial charge < -0.3 is 9.47 Å². The van der Waals surface area contributed by atoms with Crippen LogP contribution in [0.4, 0.5) is 17.1 Å². The maximum Gasteiger partial charge on any atom is 0.0746 e. The van der Waals surface area contributed by atoms with Crippen molar-refractivity contribution >= 4 is 49.6 Å². The SMILES string of the molecule is c1ccc(-c2ccc(N(c3ccc(-c4cccc5c4c4ccccc4n5-c4cccc5ccccc45)cc3)c3cccc4c3C3(c5ccccc5-c5ccccc53)c3ccccc3-4)cc2)cc1. The Bertz CT molecular complexity index is 3850. The average Bonchev–Trinajstić information content (AvgIpc) is 4.02. The molecule has 0 amide bonds. The van der Waals surface area contributed by atoms with Gasteiger partial charge in [-0.1, -0.05) is 206 Å². The fourth-order valence-corrected chi connectivity index (χ4v) is 11.9. The molecule has 0 radical (unpaired) electrons. The molecule has 0 fully saturated rings. The molecule has 0 atom stereocenters. The third-order valence-electron chi connectivity index (χ3n) is 14.6. The van der Waals surface area contributed by atoms with Gasteiger partial charge in [-0.25, -0.2) is 0 Å². The summed E-state index contributed by atoms with van der Waals surface area (Å²) < 4.78 is 2.45. The smallest absolute Gasteiger partial charge is 0.0746 e. The van der Waals surface area contributed by atoms with Gasteiger partial charge in [-0.3, -0.25) is 0 Å². The highest BCUT2D eigenvalue weighted by Crippen LogP contribution is 2.65. The van der Waals surface area contributed by atoms with E-state index < -0.39 is 5.41 Å². The number of rotatable bonds is 6. The summed E-state index contributed by atoms with van der Waals surface area (Å²) >= 11 is 0. The molecular formula is C65H42N2. The van der Waals surface area contributed by atoms with Gasteiger partial charge >= 0.3 is 0 Å². The minimum absolute atomic E-state index is 0.508. The third-order valence-corrected chi connectivity index (χ3v) is 14.6. The van der Waals surface area contributed by atoms with E-state index >= 15 is 0 Å². The van der Waals surface area contributed by atoms with Crippen LogP contribution in [0.2, 0.25) is 0 Å². The molecule has 2 heteroatoms. The van der Waals surface area contributed by atoms with E-state index in [0.29, 0.717) is 0 Å². The van der Waals surface area contributed by atoms with Crippen molar-refractivity contribution in [2.24, 2.45) is 0 Å². The predicted octanol–water partition coefficient (Wildman–Crippen LogP) is 17.1. The molecule has 67 heavy (non-hydrogen) atoms. The maximum atomic E-state index is 2.50. The Balaban J connectivity index is 0.984. The Morgan fingerprint density at radius 3 is 1.49 bits per heavy atom. The number of nitrogens with zero attached hydrogens (tertiary/aromatic N) is 2. The number of hydrogen-bond donors (Lipinski definition) is 0. The van der Waals surface area contributed by atoms with E-state index in [1.54, 1.807) is 0 Å². The number of para-hydroxylation sites is 1. The van der Waals surface area contributed by atoms with Crippen molar-refractivity contribution in [3.63, 3.8) is 0 Å². The van der Waals surface area contributed by atoms with Gasteiger partial charge in [-0.2, -0.15) is 0 Å². The molecule has 1 spiro atoms. The van der Waals surface area contributed by atoms with Crippen LogP contribution in [0.3, 0.4) is 0 Å². The monoisotopic (exact) mass is 850 g/mol. The highest BCUT2D eigenvalue weighted by atomic mass is 15.1. The first-order chi connectivity index (χ1) is 33.3. The van der Waals surface area contributed by atoms with E-state index in [9.17, 15) is 0 Å². The van der Waals surface area contributed by atoms with E-state index in [4.69, 9.17) is 0 Å². The lowest BCUT2D eigenvalue weighted by Gasteiger charge is -2.36. The van der Waals surface area contributed by atoms with Crippen molar-refractivity contribution in [2.45, 2.75) is 5.41 Å². The summed E-state index contributed by atoms with van der Waals surface area (Å²) in [4.78, 5) is 2.50. The van der Waals surface area contributed by atoms with E-state index in [2.05, 4.69) is 264 Å². The van der Waals surface area contributed by atoms with Crippen LogP contribution in [0.15, 0.2) is 255 Å². The summed E-state index contributed by atoms with van der Waals surface area (Å²) in [5, 5.41) is 4.97. The molecule has 0 bridgehead atoms. The number of aromatic nitrogens is 1. The van der Waals surface area contributed by atoms with Crippen molar-refractivity contribution in [3.05, 3.63) is 277 Å². The molecule has 2 aliphatic rings. The van der Waals surface area contributed by atoms with Crippen LogP contribution < -0.4 is 4.90 Å². The number of anilines is 3. The Labute approximate surface area is 389 Å². The summed E-state index contributed by atoms with van der Waals surface area (Å²) in [6.07, 6.45) is 0. The van der Waals surface area contributed by atoms with Gasteiger partial charge in [-0.15, -0.1) is 0 Å². The summed E-state index contributed by atoms with van der Waals surface area (Å²) in [5.41, 5.74) is 21.7. The molecule has 0 N–H and O–H groups in total.